The summed E-state index contributed by atoms with van der Waals surface area (Å²) in [6.45, 7) is 0.406. The third-order valence-corrected chi connectivity index (χ3v) is 6.81. The van der Waals surface area contributed by atoms with Crippen molar-refractivity contribution in [3.05, 3.63) is 60.2 Å². The van der Waals surface area contributed by atoms with Crippen LogP contribution in [-0.4, -0.2) is 51.8 Å². The molecule has 1 atom stereocenters. The van der Waals surface area contributed by atoms with Gasteiger partial charge in [-0.2, -0.15) is 0 Å². The normalized spacial score (nSPS) is 19.1. The second-order valence-electron chi connectivity index (χ2n) is 6.38. The minimum Gasteiger partial charge on any atom is -0.493 e. The Bertz CT molecular complexity index is 882. The molecule has 6 nitrogen and oxygen atoms in total. The first kappa shape index (κ1) is 19.2. The van der Waals surface area contributed by atoms with E-state index < -0.39 is 15.1 Å². The highest BCUT2D eigenvalue weighted by atomic mass is 32.2. The molecule has 3 rings (SSSR count). The minimum absolute atomic E-state index is 0.0487. The molecule has 0 radical (unpaired) electrons. The number of hydrogen-bond donors (Lipinski definition) is 0. The van der Waals surface area contributed by atoms with E-state index in [1.807, 2.05) is 36.4 Å². The summed E-state index contributed by atoms with van der Waals surface area (Å²) >= 11 is 0. The zero-order valence-electron chi connectivity index (χ0n) is 15.2. The quantitative estimate of drug-likeness (QED) is 0.785. The Morgan fingerprint density at radius 3 is 2.41 bits per heavy atom. The molecule has 2 aromatic carbocycles. The summed E-state index contributed by atoms with van der Waals surface area (Å²) in [5.41, 5.74) is 0.775. The van der Waals surface area contributed by atoms with Crippen molar-refractivity contribution in [2.45, 2.75) is 11.7 Å². The van der Waals surface area contributed by atoms with Crippen molar-refractivity contribution >= 4 is 15.7 Å². The number of nitrogens with zero attached hydrogens (tertiary/aromatic N) is 1. The lowest BCUT2D eigenvalue weighted by Crippen LogP contribution is -2.37. The fourth-order valence-corrected chi connectivity index (χ4v) is 5.00. The second-order valence-corrected chi connectivity index (χ2v) is 8.68. The maximum absolute atomic E-state index is 12.6. The predicted octanol–water partition coefficient (Wildman–Crippen LogP) is 2.46. The van der Waals surface area contributed by atoms with Crippen LogP contribution in [0.25, 0.3) is 0 Å². The van der Waals surface area contributed by atoms with E-state index in [2.05, 4.69) is 0 Å². The lowest BCUT2D eigenvalue weighted by Gasteiger charge is -2.20. The number of methoxy groups -OCH3 is 1. The van der Waals surface area contributed by atoms with Gasteiger partial charge >= 0.3 is 0 Å². The highest BCUT2D eigenvalue weighted by Gasteiger charge is 2.32. The van der Waals surface area contributed by atoms with Crippen LogP contribution in [0.3, 0.4) is 0 Å². The molecule has 27 heavy (non-hydrogen) atoms. The van der Waals surface area contributed by atoms with Gasteiger partial charge in [-0.15, -0.1) is 0 Å². The highest BCUT2D eigenvalue weighted by Crippen LogP contribution is 2.29. The lowest BCUT2D eigenvalue weighted by molar-refractivity contribution is -0.133. The first-order valence-corrected chi connectivity index (χ1v) is 10.5. The summed E-state index contributed by atoms with van der Waals surface area (Å²) in [4.78, 5) is 14.1. The number of ether oxygens (including phenoxy) is 2. The van der Waals surface area contributed by atoms with Crippen LogP contribution in [0.1, 0.15) is 17.2 Å². The van der Waals surface area contributed by atoms with Gasteiger partial charge in [0.15, 0.2) is 27.9 Å². The fraction of sp³-hybridized carbons (Fsp3) is 0.350. The van der Waals surface area contributed by atoms with E-state index in [-0.39, 0.29) is 24.8 Å². The Labute approximate surface area is 159 Å². The fourth-order valence-electron chi connectivity index (χ4n) is 3.20. The summed E-state index contributed by atoms with van der Waals surface area (Å²) in [6.07, 6.45) is 0.382. The summed E-state index contributed by atoms with van der Waals surface area (Å²) in [5.74, 6) is 0.753. The molecule has 0 N–H and O–H groups in total. The van der Waals surface area contributed by atoms with Gasteiger partial charge in [0.05, 0.1) is 18.1 Å². The van der Waals surface area contributed by atoms with Crippen LogP contribution in [0.4, 0.5) is 0 Å². The largest absolute Gasteiger partial charge is 0.493 e. The van der Waals surface area contributed by atoms with Crippen LogP contribution in [0.5, 0.6) is 11.5 Å². The smallest absolute Gasteiger partial charge is 0.260 e. The van der Waals surface area contributed by atoms with Gasteiger partial charge in [0.1, 0.15) is 0 Å². The van der Waals surface area contributed by atoms with E-state index in [0.717, 1.165) is 5.56 Å². The maximum Gasteiger partial charge on any atom is 0.260 e. The summed E-state index contributed by atoms with van der Waals surface area (Å²) in [6, 6.07) is 16.3. The van der Waals surface area contributed by atoms with Crippen LogP contribution < -0.4 is 9.47 Å². The van der Waals surface area contributed by atoms with Crippen LogP contribution >= 0.6 is 0 Å². The molecular formula is C20H23NO5S. The predicted molar refractivity (Wildman–Crippen MR) is 103 cm³/mol. The van der Waals surface area contributed by atoms with E-state index in [4.69, 9.17) is 9.47 Å². The molecule has 2 aromatic rings. The van der Waals surface area contributed by atoms with E-state index >= 15 is 0 Å². The van der Waals surface area contributed by atoms with Crippen LogP contribution in [0.2, 0.25) is 0 Å². The van der Waals surface area contributed by atoms with Crippen molar-refractivity contribution in [2.24, 2.45) is 0 Å². The molecule has 7 heteroatoms. The molecule has 0 aliphatic carbocycles. The van der Waals surface area contributed by atoms with Crippen molar-refractivity contribution in [3.63, 3.8) is 0 Å². The Morgan fingerprint density at radius 2 is 1.70 bits per heavy atom. The molecule has 0 saturated carbocycles. The molecule has 1 amide bonds. The second kappa shape index (κ2) is 8.43. The number of para-hydroxylation sites is 2. The van der Waals surface area contributed by atoms with Crippen molar-refractivity contribution in [2.75, 3.05) is 32.6 Å². The first-order valence-electron chi connectivity index (χ1n) is 8.81. The average Bonchev–Trinajstić information content (AvgIpc) is 2.85. The highest BCUT2D eigenvalue weighted by molar-refractivity contribution is 7.91. The van der Waals surface area contributed by atoms with Crippen molar-refractivity contribution in [1.29, 1.82) is 0 Å². The van der Waals surface area contributed by atoms with E-state index in [9.17, 15) is 13.2 Å². The van der Waals surface area contributed by atoms with Gasteiger partial charge in [0.25, 0.3) is 5.91 Å². The Balaban J connectivity index is 1.65. The van der Waals surface area contributed by atoms with Crippen LogP contribution in [0.15, 0.2) is 54.6 Å². The standard InChI is InChI=1S/C20H23NO5S/c1-25-17-9-5-6-10-18(17)26-15-20(22)21-12-11-19(27(23,24)14-13-21)16-7-3-2-4-8-16/h2-10,19H,11-15H2,1H3. The van der Waals surface area contributed by atoms with Gasteiger partial charge in [-0.1, -0.05) is 42.5 Å². The molecule has 1 heterocycles. The van der Waals surface area contributed by atoms with Gasteiger partial charge in [-0.3, -0.25) is 4.79 Å². The molecular weight excluding hydrogens is 366 g/mol. The van der Waals surface area contributed by atoms with E-state index in [1.54, 1.807) is 23.1 Å². The number of benzene rings is 2. The van der Waals surface area contributed by atoms with Gasteiger partial charge < -0.3 is 14.4 Å². The van der Waals surface area contributed by atoms with Crippen molar-refractivity contribution < 1.29 is 22.7 Å². The molecule has 1 aliphatic heterocycles. The van der Waals surface area contributed by atoms with Gasteiger partial charge in [0.2, 0.25) is 0 Å². The average molecular weight is 389 g/mol. The molecule has 1 fully saturated rings. The third-order valence-electron chi connectivity index (χ3n) is 4.68. The zero-order chi connectivity index (χ0) is 19.3. The number of hydrogen-bond acceptors (Lipinski definition) is 5. The molecule has 0 bridgehead atoms. The molecule has 0 spiro atoms. The Hall–Kier alpha value is -2.54. The number of amides is 1. The van der Waals surface area contributed by atoms with Crippen molar-refractivity contribution in [1.82, 2.24) is 4.90 Å². The topological polar surface area (TPSA) is 72.9 Å². The Morgan fingerprint density at radius 1 is 1.04 bits per heavy atom. The molecule has 1 unspecified atom stereocenters. The zero-order valence-corrected chi connectivity index (χ0v) is 16.0. The SMILES string of the molecule is COc1ccccc1OCC(=O)N1CCC(c2ccccc2)S(=O)(=O)CC1. The number of rotatable bonds is 5. The van der Waals surface area contributed by atoms with Crippen LogP contribution in [-0.2, 0) is 14.6 Å². The molecule has 0 aromatic heterocycles. The number of carbonyl (C=O) groups is 1. The molecule has 1 aliphatic rings. The summed E-state index contributed by atoms with van der Waals surface area (Å²) < 4.78 is 36.1. The summed E-state index contributed by atoms with van der Waals surface area (Å²) in [7, 11) is -1.78. The van der Waals surface area contributed by atoms with Gasteiger partial charge in [0, 0.05) is 13.1 Å². The van der Waals surface area contributed by atoms with Crippen LogP contribution in [0, 0.1) is 0 Å². The third kappa shape index (κ3) is 4.60. The van der Waals surface area contributed by atoms with E-state index in [1.165, 1.54) is 7.11 Å². The number of sulfone groups is 1. The van der Waals surface area contributed by atoms with Gasteiger partial charge in [-0.25, -0.2) is 8.42 Å². The lowest BCUT2D eigenvalue weighted by atomic mass is 10.1. The summed E-state index contributed by atoms with van der Waals surface area (Å²) in [5, 5.41) is -0.577. The van der Waals surface area contributed by atoms with E-state index in [0.29, 0.717) is 24.5 Å². The maximum atomic E-state index is 12.6. The Kier molecular flexibility index (Phi) is 6.01. The monoisotopic (exact) mass is 389 g/mol. The molecule has 1 saturated heterocycles. The first-order chi connectivity index (χ1) is 13.0. The number of carbonyl (C=O) groups excluding carboxylic acids is 1. The van der Waals surface area contributed by atoms with Gasteiger partial charge in [-0.05, 0) is 24.1 Å². The minimum atomic E-state index is -3.31. The van der Waals surface area contributed by atoms with Crippen molar-refractivity contribution in [3.8, 4) is 11.5 Å². The molecule has 144 valence electrons.